The van der Waals surface area contributed by atoms with Gasteiger partial charge in [-0.15, -0.1) is 0 Å². The molecule has 0 bridgehead atoms. The maximum atomic E-state index is 10.7. The average Bonchev–Trinajstić information content (AvgIpc) is 1.86. The molecule has 0 saturated heterocycles. The second kappa shape index (κ2) is 3.56. The zero-order chi connectivity index (χ0) is 9.94. The summed E-state index contributed by atoms with van der Waals surface area (Å²) >= 11 is 0. The maximum Gasteiger partial charge on any atom is 0.309 e. The molecule has 0 aliphatic rings. The van der Waals surface area contributed by atoms with Gasteiger partial charge in [-0.05, 0) is 20.3 Å². The lowest BCUT2D eigenvalue weighted by Crippen LogP contribution is -2.37. The van der Waals surface area contributed by atoms with Crippen LogP contribution in [0.2, 0.25) is 0 Å². The molecule has 0 aromatic carbocycles. The van der Waals surface area contributed by atoms with Crippen LogP contribution in [0.4, 0.5) is 0 Å². The van der Waals surface area contributed by atoms with Crippen molar-refractivity contribution in [2.75, 3.05) is 0 Å². The summed E-state index contributed by atoms with van der Waals surface area (Å²) in [6.07, 6.45) is 0.328. The highest BCUT2D eigenvalue weighted by atomic mass is 16.4. The normalized spacial score (nSPS) is 13.9. The second-order valence-electron chi connectivity index (χ2n) is 3.33. The molecule has 4 nitrogen and oxygen atoms in total. The minimum atomic E-state index is -1.19. The van der Waals surface area contributed by atoms with Gasteiger partial charge in [0.15, 0.2) is 0 Å². The quantitative estimate of drug-likeness (QED) is 0.671. The van der Waals surface area contributed by atoms with Gasteiger partial charge in [-0.2, -0.15) is 0 Å². The van der Waals surface area contributed by atoms with Crippen molar-refractivity contribution < 1.29 is 19.8 Å². The van der Waals surface area contributed by atoms with Crippen LogP contribution >= 0.6 is 0 Å². The highest BCUT2D eigenvalue weighted by molar-refractivity contribution is 5.82. The lowest BCUT2D eigenvalue weighted by Gasteiger charge is -2.25. The number of hydrogen-bond donors (Lipinski definition) is 2. The molecule has 70 valence electrons. The molecule has 4 heteroatoms. The Bertz CT molecular complexity index is 195. The van der Waals surface area contributed by atoms with Gasteiger partial charge in [-0.3, -0.25) is 9.59 Å². The summed E-state index contributed by atoms with van der Waals surface area (Å²) in [4.78, 5) is 21.3. The molecule has 2 N–H and O–H groups in total. The molecule has 0 saturated carbocycles. The number of aliphatic carboxylic acids is 2. The molecular formula is C8H14O4. The van der Waals surface area contributed by atoms with Gasteiger partial charge in [0.05, 0.1) is 11.3 Å². The van der Waals surface area contributed by atoms with E-state index >= 15 is 0 Å². The Labute approximate surface area is 71.2 Å². The molecule has 0 aliphatic carbocycles. The van der Waals surface area contributed by atoms with Crippen molar-refractivity contribution in [3.05, 3.63) is 0 Å². The Balaban J connectivity index is 4.71. The van der Waals surface area contributed by atoms with E-state index in [1.165, 1.54) is 13.8 Å². The van der Waals surface area contributed by atoms with E-state index in [1.807, 2.05) is 0 Å². The van der Waals surface area contributed by atoms with Crippen LogP contribution in [0.15, 0.2) is 0 Å². The van der Waals surface area contributed by atoms with Crippen molar-refractivity contribution in [1.29, 1.82) is 0 Å². The van der Waals surface area contributed by atoms with E-state index < -0.39 is 23.3 Å². The molecule has 0 rings (SSSR count). The van der Waals surface area contributed by atoms with Gasteiger partial charge >= 0.3 is 11.9 Å². The maximum absolute atomic E-state index is 10.7. The highest BCUT2D eigenvalue weighted by Crippen LogP contribution is 2.29. The fourth-order valence-corrected chi connectivity index (χ4v) is 1.14. The van der Waals surface area contributed by atoms with Gasteiger partial charge in [0.1, 0.15) is 0 Å². The minimum Gasteiger partial charge on any atom is -0.481 e. The standard InChI is InChI=1S/C8H14O4/c1-4-5(6(9)10)8(2,3)7(11)12/h5H,4H2,1-3H3,(H,9,10)(H,11,12). The second-order valence-corrected chi connectivity index (χ2v) is 3.33. The SMILES string of the molecule is CCC(C(=O)O)C(C)(C)C(=O)O. The van der Waals surface area contributed by atoms with Crippen LogP contribution in [0.1, 0.15) is 27.2 Å². The summed E-state index contributed by atoms with van der Waals surface area (Å²) in [5, 5.41) is 17.4. The Morgan fingerprint density at radius 1 is 1.33 bits per heavy atom. The number of carboxylic acid groups (broad SMARTS) is 2. The zero-order valence-electron chi connectivity index (χ0n) is 7.50. The smallest absolute Gasteiger partial charge is 0.309 e. The van der Waals surface area contributed by atoms with Crippen LogP contribution in [0.5, 0.6) is 0 Å². The van der Waals surface area contributed by atoms with Gasteiger partial charge in [0.25, 0.3) is 0 Å². The van der Waals surface area contributed by atoms with E-state index in [4.69, 9.17) is 10.2 Å². The third kappa shape index (κ3) is 1.96. The van der Waals surface area contributed by atoms with E-state index in [2.05, 4.69) is 0 Å². The number of hydrogen-bond acceptors (Lipinski definition) is 2. The number of carbonyl (C=O) groups is 2. The summed E-state index contributed by atoms with van der Waals surface area (Å²) in [5.74, 6) is -2.95. The molecule has 0 fully saturated rings. The van der Waals surface area contributed by atoms with Crippen LogP contribution in [-0.4, -0.2) is 22.2 Å². The molecule has 0 aromatic rings. The van der Waals surface area contributed by atoms with E-state index in [0.29, 0.717) is 6.42 Å². The number of carboxylic acids is 2. The highest BCUT2D eigenvalue weighted by Gasteiger charge is 2.40. The summed E-state index contributed by atoms with van der Waals surface area (Å²) in [5.41, 5.74) is -1.19. The third-order valence-electron chi connectivity index (χ3n) is 2.13. The van der Waals surface area contributed by atoms with Crippen molar-refractivity contribution in [3.63, 3.8) is 0 Å². The Morgan fingerprint density at radius 3 is 1.83 bits per heavy atom. The van der Waals surface area contributed by atoms with Gasteiger partial charge < -0.3 is 10.2 Å². The van der Waals surface area contributed by atoms with Crippen molar-refractivity contribution in [2.45, 2.75) is 27.2 Å². The molecule has 0 spiro atoms. The van der Waals surface area contributed by atoms with Crippen LogP contribution in [0, 0.1) is 11.3 Å². The fourth-order valence-electron chi connectivity index (χ4n) is 1.14. The lowest BCUT2D eigenvalue weighted by molar-refractivity contribution is -0.160. The summed E-state index contributed by atoms with van der Waals surface area (Å²) in [7, 11) is 0. The predicted octanol–water partition coefficient (Wildman–Crippen LogP) is 1.21. The third-order valence-corrected chi connectivity index (χ3v) is 2.13. The Kier molecular flexibility index (Phi) is 3.24. The molecule has 12 heavy (non-hydrogen) atoms. The van der Waals surface area contributed by atoms with E-state index in [9.17, 15) is 9.59 Å². The topological polar surface area (TPSA) is 74.6 Å². The molecule has 1 unspecified atom stereocenters. The Hall–Kier alpha value is -1.06. The average molecular weight is 174 g/mol. The van der Waals surface area contributed by atoms with Crippen LogP contribution < -0.4 is 0 Å². The van der Waals surface area contributed by atoms with Crippen molar-refractivity contribution in [1.82, 2.24) is 0 Å². The van der Waals surface area contributed by atoms with Crippen molar-refractivity contribution in [2.24, 2.45) is 11.3 Å². The van der Waals surface area contributed by atoms with Gasteiger partial charge in [0.2, 0.25) is 0 Å². The van der Waals surface area contributed by atoms with Crippen molar-refractivity contribution >= 4 is 11.9 Å². The van der Waals surface area contributed by atoms with Gasteiger partial charge in [-0.25, -0.2) is 0 Å². The molecule has 0 aromatic heterocycles. The monoisotopic (exact) mass is 174 g/mol. The predicted molar refractivity (Wildman–Crippen MR) is 42.8 cm³/mol. The van der Waals surface area contributed by atoms with Crippen LogP contribution in [-0.2, 0) is 9.59 Å². The molecule has 0 heterocycles. The van der Waals surface area contributed by atoms with Crippen molar-refractivity contribution in [3.8, 4) is 0 Å². The van der Waals surface area contributed by atoms with E-state index in [1.54, 1.807) is 6.92 Å². The zero-order valence-corrected chi connectivity index (χ0v) is 7.50. The van der Waals surface area contributed by atoms with Crippen LogP contribution in [0.25, 0.3) is 0 Å². The van der Waals surface area contributed by atoms with Gasteiger partial charge in [-0.1, -0.05) is 6.92 Å². The fraction of sp³-hybridized carbons (Fsp3) is 0.750. The molecule has 0 amide bonds. The first-order chi connectivity index (χ1) is 5.34. The minimum absolute atomic E-state index is 0.328. The lowest BCUT2D eigenvalue weighted by atomic mass is 9.77. The first-order valence-electron chi connectivity index (χ1n) is 3.80. The summed E-state index contributed by atoms with van der Waals surface area (Å²) in [6, 6.07) is 0. The van der Waals surface area contributed by atoms with Crippen LogP contribution in [0.3, 0.4) is 0 Å². The van der Waals surface area contributed by atoms with E-state index in [0.717, 1.165) is 0 Å². The summed E-state index contributed by atoms with van der Waals surface area (Å²) < 4.78 is 0. The first kappa shape index (κ1) is 10.9. The molecular weight excluding hydrogens is 160 g/mol. The summed E-state index contributed by atoms with van der Waals surface area (Å²) in [6.45, 7) is 4.53. The number of rotatable bonds is 4. The largest absolute Gasteiger partial charge is 0.481 e. The molecule has 0 aliphatic heterocycles. The first-order valence-corrected chi connectivity index (χ1v) is 3.80. The van der Waals surface area contributed by atoms with E-state index in [-0.39, 0.29) is 0 Å². The van der Waals surface area contributed by atoms with Gasteiger partial charge in [0, 0.05) is 0 Å². The molecule has 1 atom stereocenters. The molecule has 0 radical (unpaired) electrons. The Morgan fingerprint density at radius 2 is 1.75 bits per heavy atom.